The third-order valence-electron chi connectivity index (χ3n) is 2.44. The molecule has 1 aromatic carbocycles. The van der Waals surface area contributed by atoms with Crippen LogP contribution in [0.3, 0.4) is 0 Å². The van der Waals surface area contributed by atoms with Gasteiger partial charge in [0.1, 0.15) is 15.8 Å². The quantitative estimate of drug-likeness (QED) is 0.889. The van der Waals surface area contributed by atoms with Crippen molar-refractivity contribution in [1.29, 1.82) is 0 Å². The average Bonchev–Trinajstić information content (AvgIpc) is 2.71. The number of anilines is 1. The molecule has 3 N–H and O–H groups in total. The summed E-state index contributed by atoms with van der Waals surface area (Å²) in [4.78, 5) is 15.0. The molecule has 6 heteroatoms. The van der Waals surface area contributed by atoms with Gasteiger partial charge in [0.05, 0.1) is 12.7 Å². The molecular weight excluding hydrogens is 252 g/mol. The molecule has 2 aromatic rings. The molecule has 0 aliphatic heterocycles. The molecule has 0 amide bonds. The number of nitrogen functional groups attached to an aromatic ring is 1. The number of aromatic carboxylic acids is 1. The van der Waals surface area contributed by atoms with Gasteiger partial charge in [-0.1, -0.05) is 23.0 Å². The van der Waals surface area contributed by atoms with Gasteiger partial charge in [-0.3, -0.25) is 0 Å². The van der Waals surface area contributed by atoms with Crippen LogP contribution < -0.4 is 10.5 Å². The zero-order valence-electron chi connectivity index (χ0n) is 9.93. The van der Waals surface area contributed by atoms with E-state index in [4.69, 9.17) is 15.6 Å². The summed E-state index contributed by atoms with van der Waals surface area (Å²) in [6, 6.07) is 5.63. The van der Waals surface area contributed by atoms with Crippen LogP contribution >= 0.6 is 11.3 Å². The molecule has 0 atom stereocenters. The Morgan fingerprint density at radius 1 is 1.50 bits per heavy atom. The predicted molar refractivity (Wildman–Crippen MR) is 70.2 cm³/mol. The Bertz CT molecular complexity index is 607. The van der Waals surface area contributed by atoms with Crippen LogP contribution in [0.1, 0.15) is 16.1 Å². The highest BCUT2D eigenvalue weighted by Gasteiger charge is 2.18. The van der Waals surface area contributed by atoms with Crippen molar-refractivity contribution < 1.29 is 14.6 Å². The number of nitrogens with two attached hydrogens (primary N) is 1. The molecule has 0 radical (unpaired) electrons. The summed E-state index contributed by atoms with van der Waals surface area (Å²) < 4.78 is 5.24. The van der Waals surface area contributed by atoms with Gasteiger partial charge in [-0.25, -0.2) is 9.78 Å². The van der Waals surface area contributed by atoms with Crippen LogP contribution in [0.15, 0.2) is 18.2 Å². The van der Waals surface area contributed by atoms with E-state index in [0.717, 1.165) is 22.5 Å². The number of rotatable bonds is 3. The highest BCUT2D eigenvalue weighted by atomic mass is 32.1. The van der Waals surface area contributed by atoms with E-state index in [2.05, 4.69) is 4.98 Å². The van der Waals surface area contributed by atoms with Crippen LogP contribution in [0.5, 0.6) is 5.75 Å². The van der Waals surface area contributed by atoms with Gasteiger partial charge in [0.25, 0.3) is 0 Å². The van der Waals surface area contributed by atoms with Gasteiger partial charge < -0.3 is 15.6 Å². The molecule has 0 unspecified atom stereocenters. The minimum absolute atomic E-state index is 0.112. The number of hydrogen-bond acceptors (Lipinski definition) is 5. The lowest BCUT2D eigenvalue weighted by atomic mass is 10.1. The number of benzene rings is 1. The summed E-state index contributed by atoms with van der Waals surface area (Å²) in [6.45, 7) is 1.94. The third-order valence-corrected chi connectivity index (χ3v) is 3.36. The van der Waals surface area contributed by atoms with Crippen molar-refractivity contribution in [3.8, 4) is 16.3 Å². The van der Waals surface area contributed by atoms with E-state index in [1.54, 1.807) is 7.11 Å². The standard InChI is InChI=1S/C12H12N2O3S/c1-6-3-4-8(17-2)7(5-6)11-14-9(12(15)16)10(13)18-11/h3-5H,13H2,1-2H3,(H,15,16). The number of nitrogens with zero attached hydrogens (tertiary/aromatic N) is 1. The fraction of sp³-hybridized carbons (Fsp3) is 0.167. The summed E-state index contributed by atoms with van der Waals surface area (Å²) >= 11 is 1.14. The number of hydrogen-bond donors (Lipinski definition) is 2. The number of thiazole rings is 1. The number of ether oxygens (including phenoxy) is 1. The molecular formula is C12H12N2O3S. The van der Waals surface area contributed by atoms with E-state index < -0.39 is 5.97 Å². The lowest BCUT2D eigenvalue weighted by Crippen LogP contribution is -2.00. The summed E-state index contributed by atoms with van der Waals surface area (Å²) in [5, 5.41) is 9.68. The maximum Gasteiger partial charge on any atom is 0.357 e. The molecule has 94 valence electrons. The smallest absolute Gasteiger partial charge is 0.357 e. The zero-order chi connectivity index (χ0) is 13.3. The van der Waals surface area contributed by atoms with Crippen molar-refractivity contribution >= 4 is 22.3 Å². The molecule has 0 aliphatic carbocycles. The topological polar surface area (TPSA) is 85.4 Å². The minimum atomic E-state index is -1.12. The van der Waals surface area contributed by atoms with Crippen molar-refractivity contribution in [2.45, 2.75) is 6.92 Å². The van der Waals surface area contributed by atoms with Crippen molar-refractivity contribution in [2.24, 2.45) is 0 Å². The SMILES string of the molecule is COc1ccc(C)cc1-c1nc(C(=O)O)c(N)s1. The molecule has 0 aliphatic rings. The Labute approximate surface area is 108 Å². The fourth-order valence-electron chi connectivity index (χ4n) is 1.59. The maximum atomic E-state index is 10.9. The van der Waals surface area contributed by atoms with Gasteiger partial charge >= 0.3 is 5.97 Å². The number of methoxy groups -OCH3 is 1. The maximum absolute atomic E-state index is 10.9. The van der Waals surface area contributed by atoms with Crippen LogP contribution in [-0.2, 0) is 0 Å². The highest BCUT2D eigenvalue weighted by molar-refractivity contribution is 7.19. The van der Waals surface area contributed by atoms with Gasteiger partial charge in [-0.05, 0) is 19.1 Å². The fourth-order valence-corrected chi connectivity index (χ4v) is 2.43. The highest BCUT2D eigenvalue weighted by Crippen LogP contribution is 2.36. The summed E-state index contributed by atoms with van der Waals surface area (Å²) in [5.41, 5.74) is 7.32. The number of carboxylic acid groups (broad SMARTS) is 1. The number of carbonyl (C=O) groups is 1. The number of carboxylic acids is 1. The van der Waals surface area contributed by atoms with Crippen molar-refractivity contribution in [3.63, 3.8) is 0 Å². The number of aryl methyl sites for hydroxylation is 1. The van der Waals surface area contributed by atoms with E-state index in [-0.39, 0.29) is 10.7 Å². The Morgan fingerprint density at radius 3 is 2.78 bits per heavy atom. The summed E-state index contributed by atoms with van der Waals surface area (Å²) in [7, 11) is 1.56. The second-order valence-corrected chi connectivity index (χ2v) is 4.77. The lowest BCUT2D eigenvalue weighted by molar-refractivity contribution is 0.0692. The van der Waals surface area contributed by atoms with Gasteiger partial charge in [-0.15, -0.1) is 0 Å². The second kappa shape index (κ2) is 4.66. The first-order valence-electron chi connectivity index (χ1n) is 5.17. The first-order chi connectivity index (χ1) is 8.52. The van der Waals surface area contributed by atoms with Crippen molar-refractivity contribution in [3.05, 3.63) is 29.5 Å². The van der Waals surface area contributed by atoms with Gasteiger partial charge in [-0.2, -0.15) is 0 Å². The van der Waals surface area contributed by atoms with Crippen molar-refractivity contribution in [1.82, 2.24) is 4.98 Å². The second-order valence-electron chi connectivity index (χ2n) is 3.74. The Balaban J connectivity index is 2.58. The van der Waals surface area contributed by atoms with E-state index >= 15 is 0 Å². The van der Waals surface area contributed by atoms with Crippen LogP contribution in [0.4, 0.5) is 5.00 Å². The van der Waals surface area contributed by atoms with Crippen molar-refractivity contribution in [2.75, 3.05) is 12.8 Å². The Kier molecular flexibility index (Phi) is 3.20. The van der Waals surface area contributed by atoms with Crippen LogP contribution in [0.25, 0.3) is 10.6 Å². The molecule has 0 saturated heterocycles. The first kappa shape index (κ1) is 12.4. The van der Waals surface area contributed by atoms with E-state index in [1.807, 2.05) is 25.1 Å². The van der Waals surface area contributed by atoms with E-state index in [1.165, 1.54) is 0 Å². The number of aromatic nitrogens is 1. The molecule has 0 fully saturated rings. The summed E-state index contributed by atoms with van der Waals surface area (Å²) in [6.07, 6.45) is 0. The molecule has 18 heavy (non-hydrogen) atoms. The minimum Gasteiger partial charge on any atom is -0.496 e. The Hall–Kier alpha value is -2.08. The van der Waals surface area contributed by atoms with Gasteiger partial charge in [0.2, 0.25) is 0 Å². The monoisotopic (exact) mass is 264 g/mol. The van der Waals surface area contributed by atoms with Crippen LogP contribution in [0.2, 0.25) is 0 Å². The third kappa shape index (κ3) is 2.14. The first-order valence-corrected chi connectivity index (χ1v) is 5.99. The van der Waals surface area contributed by atoms with E-state index in [9.17, 15) is 4.79 Å². The van der Waals surface area contributed by atoms with Gasteiger partial charge in [0, 0.05) is 0 Å². The lowest BCUT2D eigenvalue weighted by Gasteiger charge is -2.06. The summed E-state index contributed by atoms with van der Waals surface area (Å²) in [5.74, 6) is -0.479. The Morgan fingerprint density at radius 2 is 2.22 bits per heavy atom. The molecule has 0 saturated carbocycles. The molecule has 0 spiro atoms. The van der Waals surface area contributed by atoms with Crippen LogP contribution in [-0.4, -0.2) is 23.2 Å². The zero-order valence-corrected chi connectivity index (χ0v) is 10.7. The molecule has 5 nitrogen and oxygen atoms in total. The molecule has 1 aromatic heterocycles. The van der Waals surface area contributed by atoms with Gasteiger partial charge in [0.15, 0.2) is 5.69 Å². The predicted octanol–water partition coefficient (Wildman–Crippen LogP) is 2.41. The largest absolute Gasteiger partial charge is 0.496 e. The van der Waals surface area contributed by atoms with E-state index in [0.29, 0.717) is 10.8 Å². The average molecular weight is 264 g/mol. The molecule has 2 rings (SSSR count). The molecule has 0 bridgehead atoms. The molecule has 1 heterocycles. The normalized spacial score (nSPS) is 10.3. The van der Waals surface area contributed by atoms with Crippen LogP contribution in [0, 0.1) is 6.92 Å².